The van der Waals surface area contributed by atoms with Crippen LogP contribution >= 0.6 is 0 Å². The van der Waals surface area contributed by atoms with Gasteiger partial charge in [0, 0.05) is 19.5 Å². The van der Waals surface area contributed by atoms with Gasteiger partial charge >= 0.3 is 0 Å². The largest absolute Gasteiger partial charge is 0.459 e. The van der Waals surface area contributed by atoms with Crippen molar-refractivity contribution < 1.29 is 9.21 Å². The third-order valence-corrected chi connectivity index (χ3v) is 5.83. The molecule has 168 valence electrons. The van der Waals surface area contributed by atoms with Gasteiger partial charge in [0.05, 0.1) is 17.3 Å². The molecule has 0 saturated carbocycles. The van der Waals surface area contributed by atoms with Crippen LogP contribution in [0.2, 0.25) is 0 Å². The number of rotatable bonds is 15. The molecule has 5 heteroatoms. The maximum atomic E-state index is 11.9. The highest BCUT2D eigenvalue weighted by Crippen LogP contribution is 2.19. The molecule has 1 amide bonds. The predicted octanol–water partition coefficient (Wildman–Crippen LogP) is 6.52. The molecule has 0 radical (unpaired) electrons. The first-order valence-corrected chi connectivity index (χ1v) is 12.1. The lowest BCUT2D eigenvalue weighted by molar-refractivity contribution is 0.0925. The van der Waals surface area contributed by atoms with Crippen LogP contribution in [0, 0.1) is 0 Å². The molecule has 0 spiro atoms. The monoisotopic (exact) mass is 423 g/mol. The normalized spacial score (nSPS) is 11.3. The number of carbonyl (C=O) groups is 1. The summed E-state index contributed by atoms with van der Waals surface area (Å²) in [6.45, 7) is 4.00. The van der Waals surface area contributed by atoms with Crippen LogP contribution in [0.5, 0.6) is 0 Å². The molecule has 1 N–H and O–H groups in total. The molecule has 2 aromatic heterocycles. The number of hydrogen-bond donors (Lipinski definition) is 1. The molecule has 0 unspecified atom stereocenters. The van der Waals surface area contributed by atoms with E-state index < -0.39 is 0 Å². The summed E-state index contributed by atoms with van der Waals surface area (Å²) < 4.78 is 7.55. The maximum absolute atomic E-state index is 11.9. The van der Waals surface area contributed by atoms with Crippen LogP contribution in [0.3, 0.4) is 0 Å². The fourth-order valence-corrected chi connectivity index (χ4v) is 4.07. The summed E-state index contributed by atoms with van der Waals surface area (Å²) >= 11 is 0. The van der Waals surface area contributed by atoms with E-state index in [1.165, 1.54) is 62.6 Å². The highest BCUT2D eigenvalue weighted by Gasteiger charge is 2.10. The Morgan fingerprint density at radius 1 is 0.935 bits per heavy atom. The summed E-state index contributed by atoms with van der Waals surface area (Å²) in [7, 11) is 0. The number of furan rings is 1. The number of unbranched alkanes of at least 4 members (excludes halogenated alkanes) is 8. The summed E-state index contributed by atoms with van der Waals surface area (Å²) in [4.78, 5) is 16.8. The third-order valence-electron chi connectivity index (χ3n) is 5.83. The number of amides is 1. The van der Waals surface area contributed by atoms with Crippen LogP contribution in [0.25, 0.3) is 11.0 Å². The molecule has 0 fully saturated rings. The number of aromatic nitrogens is 2. The molecule has 0 saturated heterocycles. The standard InChI is InChI=1S/C26H37N3O2/c1-2-3-4-5-6-7-13-20-29-23-16-11-10-15-22(23)28-25(29)18-9-8-12-19-27-26(30)24-17-14-21-31-24/h10-11,14-17,21H,2-9,12-13,18-20H2,1H3,(H,27,30). The second kappa shape index (κ2) is 13.0. The average Bonchev–Trinajstić information content (AvgIpc) is 3.44. The number of aryl methyl sites for hydroxylation is 2. The Balaban J connectivity index is 1.41. The van der Waals surface area contributed by atoms with Crippen molar-refractivity contribution in [1.29, 1.82) is 0 Å². The SMILES string of the molecule is CCCCCCCCCn1c(CCCCCNC(=O)c2ccco2)nc2ccccc21. The van der Waals surface area contributed by atoms with Gasteiger partial charge in [0.2, 0.25) is 0 Å². The van der Waals surface area contributed by atoms with Crippen molar-refractivity contribution in [2.75, 3.05) is 6.54 Å². The highest BCUT2D eigenvalue weighted by molar-refractivity contribution is 5.91. The summed E-state index contributed by atoms with van der Waals surface area (Å²) in [5, 5.41) is 2.92. The van der Waals surface area contributed by atoms with Crippen molar-refractivity contribution in [2.45, 2.75) is 84.1 Å². The van der Waals surface area contributed by atoms with Crippen LogP contribution in [0.4, 0.5) is 0 Å². The predicted molar refractivity (Wildman–Crippen MR) is 126 cm³/mol. The number of para-hydroxylation sites is 2. The van der Waals surface area contributed by atoms with Gasteiger partial charge < -0.3 is 14.3 Å². The Kier molecular flexibility index (Phi) is 9.68. The van der Waals surface area contributed by atoms with Crippen molar-refractivity contribution in [3.8, 4) is 0 Å². The smallest absolute Gasteiger partial charge is 0.286 e. The molecule has 31 heavy (non-hydrogen) atoms. The first-order chi connectivity index (χ1) is 15.3. The number of imidazole rings is 1. The molecule has 0 atom stereocenters. The summed E-state index contributed by atoms with van der Waals surface area (Å²) in [5.74, 6) is 1.44. The molecule has 3 rings (SSSR count). The molecule has 2 heterocycles. The lowest BCUT2D eigenvalue weighted by Gasteiger charge is -2.10. The van der Waals surface area contributed by atoms with Crippen LogP contribution < -0.4 is 5.32 Å². The van der Waals surface area contributed by atoms with E-state index in [9.17, 15) is 4.79 Å². The van der Waals surface area contributed by atoms with E-state index in [0.29, 0.717) is 12.3 Å². The van der Waals surface area contributed by atoms with E-state index in [1.807, 2.05) is 0 Å². The van der Waals surface area contributed by atoms with E-state index in [0.717, 1.165) is 37.7 Å². The number of fused-ring (bicyclic) bond motifs is 1. The second-order valence-corrected chi connectivity index (χ2v) is 8.33. The summed E-state index contributed by atoms with van der Waals surface area (Å²) in [6, 6.07) is 11.9. The van der Waals surface area contributed by atoms with Gasteiger partial charge in [0.1, 0.15) is 5.82 Å². The molecule has 1 aromatic carbocycles. The summed E-state index contributed by atoms with van der Waals surface area (Å²) in [5.41, 5.74) is 2.36. The van der Waals surface area contributed by atoms with Crippen molar-refractivity contribution >= 4 is 16.9 Å². The van der Waals surface area contributed by atoms with Gasteiger partial charge in [-0.15, -0.1) is 0 Å². The minimum absolute atomic E-state index is 0.138. The average molecular weight is 424 g/mol. The lowest BCUT2D eigenvalue weighted by Crippen LogP contribution is -2.23. The van der Waals surface area contributed by atoms with Gasteiger partial charge in [-0.1, -0.05) is 64.0 Å². The number of nitrogens with zero attached hydrogens (tertiary/aromatic N) is 2. The molecule has 5 nitrogen and oxygen atoms in total. The van der Waals surface area contributed by atoms with E-state index in [4.69, 9.17) is 9.40 Å². The van der Waals surface area contributed by atoms with Crippen molar-refractivity contribution in [3.05, 3.63) is 54.2 Å². The van der Waals surface area contributed by atoms with E-state index in [1.54, 1.807) is 12.1 Å². The fraction of sp³-hybridized carbons (Fsp3) is 0.538. The zero-order chi connectivity index (χ0) is 21.7. The minimum atomic E-state index is -0.138. The first-order valence-electron chi connectivity index (χ1n) is 12.1. The van der Waals surface area contributed by atoms with Crippen molar-refractivity contribution in [3.63, 3.8) is 0 Å². The quantitative estimate of drug-likeness (QED) is 0.283. The Hall–Kier alpha value is -2.56. The topological polar surface area (TPSA) is 60.1 Å². The van der Waals surface area contributed by atoms with Crippen molar-refractivity contribution in [1.82, 2.24) is 14.9 Å². The zero-order valence-electron chi connectivity index (χ0n) is 18.9. The zero-order valence-corrected chi connectivity index (χ0v) is 18.9. The van der Waals surface area contributed by atoms with Gasteiger partial charge in [0.25, 0.3) is 5.91 Å². The number of benzene rings is 1. The van der Waals surface area contributed by atoms with Gasteiger partial charge in [-0.3, -0.25) is 4.79 Å². The van der Waals surface area contributed by atoms with Gasteiger partial charge in [-0.25, -0.2) is 4.98 Å². The molecular weight excluding hydrogens is 386 g/mol. The molecule has 0 aliphatic heterocycles. The molecule has 0 aliphatic carbocycles. The van der Waals surface area contributed by atoms with Crippen LogP contribution in [0.15, 0.2) is 47.1 Å². The highest BCUT2D eigenvalue weighted by atomic mass is 16.3. The number of carbonyl (C=O) groups excluding carboxylic acids is 1. The Labute approximate surface area is 186 Å². The Morgan fingerprint density at radius 3 is 2.52 bits per heavy atom. The Bertz CT molecular complexity index is 899. The van der Waals surface area contributed by atoms with Crippen molar-refractivity contribution in [2.24, 2.45) is 0 Å². The molecule has 0 aliphatic rings. The van der Waals surface area contributed by atoms with E-state index in [2.05, 4.69) is 41.1 Å². The first kappa shape index (κ1) is 23.1. The maximum Gasteiger partial charge on any atom is 0.286 e. The summed E-state index contributed by atoms with van der Waals surface area (Å²) in [6.07, 6.45) is 14.9. The van der Waals surface area contributed by atoms with Crippen LogP contribution in [0.1, 0.15) is 87.5 Å². The number of hydrogen-bond acceptors (Lipinski definition) is 3. The number of nitrogens with one attached hydrogen (secondary N) is 1. The van der Waals surface area contributed by atoms with E-state index in [-0.39, 0.29) is 5.91 Å². The third kappa shape index (κ3) is 7.27. The second-order valence-electron chi connectivity index (χ2n) is 8.33. The fourth-order valence-electron chi connectivity index (χ4n) is 4.07. The van der Waals surface area contributed by atoms with Crippen LogP contribution in [-0.4, -0.2) is 22.0 Å². The minimum Gasteiger partial charge on any atom is -0.459 e. The lowest BCUT2D eigenvalue weighted by atomic mass is 10.1. The van der Waals surface area contributed by atoms with Gasteiger partial charge in [-0.2, -0.15) is 0 Å². The molecule has 0 bridgehead atoms. The van der Waals surface area contributed by atoms with Gasteiger partial charge in [-0.05, 0) is 43.5 Å². The molecule has 3 aromatic rings. The Morgan fingerprint density at radius 2 is 1.71 bits per heavy atom. The van der Waals surface area contributed by atoms with Gasteiger partial charge in [0.15, 0.2) is 5.76 Å². The molecular formula is C26H37N3O2. The van der Waals surface area contributed by atoms with E-state index >= 15 is 0 Å². The van der Waals surface area contributed by atoms with Crippen LogP contribution in [-0.2, 0) is 13.0 Å².